The Morgan fingerprint density at radius 2 is 2.12 bits per heavy atom. The third-order valence-electron chi connectivity index (χ3n) is 3.26. The number of hydrogen-bond donors (Lipinski definition) is 1. The van der Waals surface area contributed by atoms with Crippen molar-refractivity contribution < 1.29 is 9.47 Å². The van der Waals surface area contributed by atoms with Crippen molar-refractivity contribution >= 4 is 0 Å². The van der Waals surface area contributed by atoms with E-state index in [1.54, 1.807) is 0 Å². The molecule has 0 radical (unpaired) electrons. The number of hydrogen-bond acceptors (Lipinski definition) is 3. The molecule has 1 fully saturated rings. The molecule has 3 heteroatoms. The molecule has 1 heterocycles. The fourth-order valence-corrected chi connectivity index (χ4v) is 2.09. The Labute approximate surface area is 103 Å². The maximum atomic E-state index is 5.91. The summed E-state index contributed by atoms with van der Waals surface area (Å²) in [4.78, 5) is 0. The Morgan fingerprint density at radius 3 is 2.82 bits per heavy atom. The van der Waals surface area contributed by atoms with Gasteiger partial charge < -0.3 is 15.2 Å². The SMILES string of the molecule is Cc1ccc(CN)c(OCC2CCOCC2)c1. The van der Waals surface area contributed by atoms with Crippen molar-refractivity contribution in [2.24, 2.45) is 11.7 Å². The van der Waals surface area contributed by atoms with Crippen LogP contribution in [0.5, 0.6) is 5.75 Å². The minimum Gasteiger partial charge on any atom is -0.493 e. The Balaban J connectivity index is 1.95. The second-order valence-corrected chi connectivity index (χ2v) is 4.68. The second kappa shape index (κ2) is 6.03. The lowest BCUT2D eigenvalue weighted by Crippen LogP contribution is -2.21. The maximum absolute atomic E-state index is 5.91. The van der Waals surface area contributed by atoms with Crippen molar-refractivity contribution in [1.29, 1.82) is 0 Å². The Bertz CT molecular complexity index is 359. The predicted octanol–water partition coefficient (Wildman–Crippen LogP) is 2.26. The first kappa shape index (κ1) is 12.4. The van der Waals surface area contributed by atoms with E-state index in [4.69, 9.17) is 15.2 Å². The summed E-state index contributed by atoms with van der Waals surface area (Å²) >= 11 is 0. The van der Waals surface area contributed by atoms with Gasteiger partial charge >= 0.3 is 0 Å². The fourth-order valence-electron chi connectivity index (χ4n) is 2.09. The Hall–Kier alpha value is -1.06. The zero-order chi connectivity index (χ0) is 12.1. The normalized spacial score (nSPS) is 17.1. The quantitative estimate of drug-likeness (QED) is 0.870. The summed E-state index contributed by atoms with van der Waals surface area (Å²) in [5, 5.41) is 0. The topological polar surface area (TPSA) is 44.5 Å². The van der Waals surface area contributed by atoms with Gasteiger partial charge in [0, 0.05) is 25.3 Å². The van der Waals surface area contributed by atoms with E-state index in [1.807, 2.05) is 0 Å². The summed E-state index contributed by atoms with van der Waals surface area (Å²) in [5.74, 6) is 1.56. The monoisotopic (exact) mass is 235 g/mol. The first-order valence-electron chi connectivity index (χ1n) is 6.29. The molecule has 17 heavy (non-hydrogen) atoms. The highest BCUT2D eigenvalue weighted by Gasteiger charge is 2.15. The summed E-state index contributed by atoms with van der Waals surface area (Å²) in [6.45, 7) is 5.11. The standard InChI is InChI=1S/C14H21NO2/c1-11-2-3-13(9-15)14(8-11)17-10-12-4-6-16-7-5-12/h2-3,8,12H,4-7,9-10,15H2,1H3. The zero-order valence-electron chi connectivity index (χ0n) is 10.4. The lowest BCUT2D eigenvalue weighted by molar-refractivity contribution is 0.0496. The van der Waals surface area contributed by atoms with Crippen LogP contribution in [0.1, 0.15) is 24.0 Å². The molecule has 94 valence electrons. The van der Waals surface area contributed by atoms with Crippen molar-refractivity contribution in [3.63, 3.8) is 0 Å². The molecule has 0 aromatic heterocycles. The number of nitrogens with two attached hydrogens (primary N) is 1. The summed E-state index contributed by atoms with van der Waals surface area (Å²) in [6, 6.07) is 6.19. The minimum absolute atomic E-state index is 0.531. The van der Waals surface area contributed by atoms with Gasteiger partial charge in [0.1, 0.15) is 5.75 Å². The Kier molecular flexibility index (Phi) is 4.40. The lowest BCUT2D eigenvalue weighted by atomic mass is 10.0. The highest BCUT2D eigenvalue weighted by atomic mass is 16.5. The van der Waals surface area contributed by atoms with Gasteiger partial charge in [-0.1, -0.05) is 12.1 Å². The average Bonchev–Trinajstić information content (AvgIpc) is 2.38. The first-order chi connectivity index (χ1) is 8.29. The maximum Gasteiger partial charge on any atom is 0.124 e. The van der Waals surface area contributed by atoms with Crippen molar-refractivity contribution in [3.05, 3.63) is 29.3 Å². The molecule has 1 aliphatic rings. The van der Waals surface area contributed by atoms with Gasteiger partial charge in [0.05, 0.1) is 6.61 Å². The van der Waals surface area contributed by atoms with Crippen LogP contribution in [0.15, 0.2) is 18.2 Å². The summed E-state index contributed by atoms with van der Waals surface area (Å²) in [7, 11) is 0. The molecule has 0 bridgehead atoms. The molecule has 1 saturated heterocycles. The van der Waals surface area contributed by atoms with Crippen LogP contribution in [0.25, 0.3) is 0 Å². The molecule has 1 aliphatic heterocycles. The molecular weight excluding hydrogens is 214 g/mol. The molecule has 2 N–H and O–H groups in total. The third kappa shape index (κ3) is 3.45. The van der Waals surface area contributed by atoms with Crippen LogP contribution in [-0.2, 0) is 11.3 Å². The number of benzene rings is 1. The first-order valence-corrected chi connectivity index (χ1v) is 6.29. The number of ether oxygens (including phenoxy) is 2. The molecule has 1 aromatic rings. The van der Waals surface area contributed by atoms with Gasteiger partial charge in [-0.25, -0.2) is 0 Å². The van der Waals surface area contributed by atoms with Gasteiger partial charge in [-0.2, -0.15) is 0 Å². The van der Waals surface area contributed by atoms with Crippen molar-refractivity contribution in [2.45, 2.75) is 26.3 Å². The third-order valence-corrected chi connectivity index (χ3v) is 3.26. The number of rotatable bonds is 4. The predicted molar refractivity (Wildman–Crippen MR) is 68.1 cm³/mol. The van der Waals surface area contributed by atoms with Gasteiger partial charge in [0.25, 0.3) is 0 Å². The molecule has 0 atom stereocenters. The van der Waals surface area contributed by atoms with E-state index in [0.29, 0.717) is 12.5 Å². The van der Waals surface area contributed by atoms with E-state index in [9.17, 15) is 0 Å². The number of aryl methyl sites for hydroxylation is 1. The molecule has 0 amide bonds. The molecular formula is C14H21NO2. The summed E-state index contributed by atoms with van der Waals surface area (Å²) in [6.07, 6.45) is 2.20. The van der Waals surface area contributed by atoms with Gasteiger partial charge in [0.2, 0.25) is 0 Å². The van der Waals surface area contributed by atoms with Crippen LogP contribution in [0.3, 0.4) is 0 Å². The smallest absolute Gasteiger partial charge is 0.124 e. The molecule has 0 saturated carbocycles. The van der Waals surface area contributed by atoms with Crippen LogP contribution >= 0.6 is 0 Å². The zero-order valence-corrected chi connectivity index (χ0v) is 10.4. The van der Waals surface area contributed by atoms with Crippen LogP contribution in [0.2, 0.25) is 0 Å². The van der Waals surface area contributed by atoms with Gasteiger partial charge in [-0.3, -0.25) is 0 Å². The lowest BCUT2D eigenvalue weighted by Gasteiger charge is -2.22. The average molecular weight is 235 g/mol. The van der Waals surface area contributed by atoms with Crippen LogP contribution in [0, 0.1) is 12.8 Å². The summed E-state index contributed by atoms with van der Waals surface area (Å²) < 4.78 is 11.3. The molecule has 0 aliphatic carbocycles. The summed E-state index contributed by atoms with van der Waals surface area (Å²) in [5.41, 5.74) is 8.01. The van der Waals surface area contributed by atoms with Crippen molar-refractivity contribution in [1.82, 2.24) is 0 Å². The molecule has 0 spiro atoms. The van der Waals surface area contributed by atoms with E-state index in [-0.39, 0.29) is 0 Å². The van der Waals surface area contributed by atoms with Crippen LogP contribution < -0.4 is 10.5 Å². The van der Waals surface area contributed by atoms with Crippen molar-refractivity contribution in [3.8, 4) is 5.75 Å². The van der Waals surface area contributed by atoms with Gasteiger partial charge in [-0.05, 0) is 37.3 Å². The van der Waals surface area contributed by atoms with E-state index < -0.39 is 0 Å². The van der Waals surface area contributed by atoms with E-state index >= 15 is 0 Å². The van der Waals surface area contributed by atoms with Gasteiger partial charge in [0.15, 0.2) is 0 Å². The highest BCUT2D eigenvalue weighted by molar-refractivity contribution is 5.36. The van der Waals surface area contributed by atoms with Crippen LogP contribution in [-0.4, -0.2) is 19.8 Å². The van der Waals surface area contributed by atoms with Gasteiger partial charge in [-0.15, -0.1) is 0 Å². The van der Waals surface area contributed by atoms with Crippen LogP contribution in [0.4, 0.5) is 0 Å². The molecule has 1 aromatic carbocycles. The Morgan fingerprint density at radius 1 is 1.35 bits per heavy atom. The van der Waals surface area contributed by atoms with E-state index in [1.165, 1.54) is 5.56 Å². The largest absolute Gasteiger partial charge is 0.493 e. The molecule has 2 rings (SSSR count). The molecule has 3 nitrogen and oxygen atoms in total. The minimum atomic E-state index is 0.531. The van der Waals surface area contributed by atoms with E-state index in [2.05, 4.69) is 25.1 Å². The fraction of sp³-hybridized carbons (Fsp3) is 0.571. The van der Waals surface area contributed by atoms with Crippen molar-refractivity contribution in [2.75, 3.05) is 19.8 Å². The molecule has 0 unspecified atom stereocenters. The van der Waals surface area contributed by atoms with E-state index in [0.717, 1.165) is 44.0 Å². The second-order valence-electron chi connectivity index (χ2n) is 4.68. The highest BCUT2D eigenvalue weighted by Crippen LogP contribution is 2.22.